The number of anilines is 2. The Morgan fingerprint density at radius 1 is 1.00 bits per heavy atom. The lowest BCUT2D eigenvalue weighted by Gasteiger charge is -2.07. The van der Waals surface area contributed by atoms with Crippen LogP contribution in [0.2, 0.25) is 5.02 Å². The fraction of sp³-hybridized carbons (Fsp3) is 0.0435. The number of hydrogen-bond donors (Lipinski definition) is 2. The number of aryl methyl sites for hydroxylation is 1. The van der Waals surface area contributed by atoms with Gasteiger partial charge in [-0.1, -0.05) is 47.5 Å². The molecule has 4 nitrogen and oxygen atoms in total. The summed E-state index contributed by atoms with van der Waals surface area (Å²) in [5.74, 6) is -0.951. The number of nitrogens with zero attached hydrogens (tertiary/aromatic N) is 1. The number of carboxylic acids is 1. The van der Waals surface area contributed by atoms with Crippen LogP contribution in [0.4, 0.5) is 10.7 Å². The van der Waals surface area contributed by atoms with Crippen molar-refractivity contribution in [3.63, 3.8) is 0 Å². The van der Waals surface area contributed by atoms with E-state index in [1.54, 1.807) is 12.1 Å². The fourth-order valence-corrected chi connectivity index (χ4v) is 4.31. The van der Waals surface area contributed by atoms with Crippen molar-refractivity contribution >= 4 is 39.6 Å². The van der Waals surface area contributed by atoms with E-state index in [0.717, 1.165) is 27.5 Å². The molecule has 4 aromatic rings. The van der Waals surface area contributed by atoms with Gasteiger partial charge in [-0.15, -0.1) is 11.3 Å². The van der Waals surface area contributed by atoms with Gasteiger partial charge in [-0.25, -0.2) is 4.79 Å². The van der Waals surface area contributed by atoms with Crippen LogP contribution in [-0.4, -0.2) is 11.1 Å². The van der Waals surface area contributed by atoms with Gasteiger partial charge in [0.15, 0.2) is 17.4 Å². The Morgan fingerprint density at radius 2 is 1.66 bits per heavy atom. The van der Waals surface area contributed by atoms with Gasteiger partial charge >= 0.3 is 5.97 Å². The number of pyridine rings is 1. The van der Waals surface area contributed by atoms with Crippen molar-refractivity contribution in [1.29, 1.82) is 0 Å². The highest BCUT2D eigenvalue weighted by Gasteiger charge is 2.30. The maximum Gasteiger partial charge on any atom is 0.346 e. The highest BCUT2D eigenvalue weighted by molar-refractivity contribution is 7.19. The third-order valence-electron chi connectivity index (χ3n) is 4.49. The van der Waals surface area contributed by atoms with Crippen LogP contribution in [0.3, 0.4) is 0 Å². The number of aromatic carboxylic acids is 1. The van der Waals surface area contributed by atoms with Gasteiger partial charge in [0.1, 0.15) is 4.88 Å². The predicted octanol–water partition coefficient (Wildman–Crippen LogP) is 6.10. The first-order valence-corrected chi connectivity index (χ1v) is 10.2. The molecule has 0 atom stereocenters. The minimum Gasteiger partial charge on any atom is -0.477 e. The smallest absolute Gasteiger partial charge is 0.346 e. The molecule has 29 heavy (non-hydrogen) atoms. The van der Waals surface area contributed by atoms with Crippen LogP contribution >= 0.6 is 22.9 Å². The molecule has 0 fully saturated rings. The molecule has 0 amide bonds. The highest BCUT2D eigenvalue weighted by Crippen LogP contribution is 2.42. The zero-order valence-electron chi connectivity index (χ0n) is 15.6. The molecular formula is C23H18ClN2O2S+. The van der Waals surface area contributed by atoms with Gasteiger partial charge in [-0.05, 0) is 36.8 Å². The molecule has 6 heteroatoms. The standard InChI is InChI=1S/C23H17ClN2O2S/c1-15-5-7-16(8-6-15)19-20(26-13-3-2-4-14-26)22(29-21(19)23(27)28)25-18-11-9-17(24)10-12-18/h2-14,25H,1H3/p+1. The van der Waals surface area contributed by atoms with Crippen molar-refractivity contribution in [3.8, 4) is 16.8 Å². The molecule has 0 spiro atoms. The first-order chi connectivity index (χ1) is 14.0. The molecule has 0 radical (unpaired) electrons. The van der Waals surface area contributed by atoms with E-state index in [2.05, 4.69) is 5.32 Å². The molecule has 2 N–H and O–H groups in total. The van der Waals surface area contributed by atoms with E-state index in [9.17, 15) is 9.90 Å². The maximum absolute atomic E-state index is 12.1. The average molecular weight is 422 g/mol. The SMILES string of the molecule is Cc1ccc(-c2c(C(=O)O)sc(Nc3ccc(Cl)cc3)c2-[n+]2ccccc2)cc1. The highest BCUT2D eigenvalue weighted by atomic mass is 35.5. The summed E-state index contributed by atoms with van der Waals surface area (Å²) in [6.45, 7) is 2.01. The Labute approximate surface area is 177 Å². The second-order valence-electron chi connectivity index (χ2n) is 6.57. The molecule has 2 aromatic carbocycles. The number of rotatable bonds is 5. The zero-order chi connectivity index (χ0) is 20.4. The van der Waals surface area contributed by atoms with Gasteiger partial charge in [0.2, 0.25) is 0 Å². The summed E-state index contributed by atoms with van der Waals surface area (Å²) in [5.41, 5.74) is 4.30. The number of nitrogens with one attached hydrogen (secondary N) is 1. The van der Waals surface area contributed by atoms with E-state index in [1.165, 1.54) is 11.3 Å². The minimum atomic E-state index is -0.951. The first kappa shape index (κ1) is 19.2. The van der Waals surface area contributed by atoms with Crippen molar-refractivity contribution in [1.82, 2.24) is 0 Å². The van der Waals surface area contributed by atoms with Crippen molar-refractivity contribution in [2.45, 2.75) is 6.92 Å². The maximum atomic E-state index is 12.1. The molecule has 2 heterocycles. The summed E-state index contributed by atoms with van der Waals surface area (Å²) in [6, 6.07) is 21.0. The Balaban J connectivity index is 1.95. The number of aromatic nitrogens is 1. The van der Waals surface area contributed by atoms with Crippen LogP contribution in [-0.2, 0) is 0 Å². The van der Waals surface area contributed by atoms with E-state index in [0.29, 0.717) is 10.6 Å². The van der Waals surface area contributed by atoms with Crippen molar-refractivity contribution in [2.75, 3.05) is 5.32 Å². The summed E-state index contributed by atoms with van der Waals surface area (Å²) in [4.78, 5) is 12.4. The van der Waals surface area contributed by atoms with Crippen LogP contribution in [0.15, 0.2) is 79.1 Å². The quantitative estimate of drug-likeness (QED) is 0.383. The van der Waals surface area contributed by atoms with E-state index in [4.69, 9.17) is 11.6 Å². The topological polar surface area (TPSA) is 53.2 Å². The summed E-state index contributed by atoms with van der Waals surface area (Å²) in [5, 5.41) is 14.7. The molecular weight excluding hydrogens is 404 g/mol. The molecule has 2 aromatic heterocycles. The number of thiophene rings is 1. The van der Waals surface area contributed by atoms with Crippen LogP contribution in [0.5, 0.6) is 0 Å². The third-order valence-corrected chi connectivity index (χ3v) is 5.83. The summed E-state index contributed by atoms with van der Waals surface area (Å²) in [6.07, 6.45) is 3.83. The number of halogens is 1. The lowest BCUT2D eigenvalue weighted by atomic mass is 10.0. The van der Waals surface area contributed by atoms with E-state index < -0.39 is 5.97 Å². The van der Waals surface area contributed by atoms with Gasteiger partial charge < -0.3 is 10.4 Å². The van der Waals surface area contributed by atoms with Gasteiger partial charge in [0, 0.05) is 22.8 Å². The second-order valence-corrected chi connectivity index (χ2v) is 8.03. The third kappa shape index (κ3) is 4.01. The normalized spacial score (nSPS) is 10.7. The minimum absolute atomic E-state index is 0.289. The predicted molar refractivity (Wildman–Crippen MR) is 118 cm³/mol. The molecule has 0 saturated heterocycles. The lowest BCUT2D eigenvalue weighted by Crippen LogP contribution is -2.30. The lowest BCUT2D eigenvalue weighted by molar-refractivity contribution is -0.594. The largest absolute Gasteiger partial charge is 0.477 e. The molecule has 0 unspecified atom stereocenters. The van der Waals surface area contributed by atoms with E-state index in [-0.39, 0.29) is 4.88 Å². The zero-order valence-corrected chi connectivity index (χ0v) is 17.2. The van der Waals surface area contributed by atoms with Crippen LogP contribution in [0.25, 0.3) is 16.8 Å². The molecule has 0 saturated carbocycles. The van der Waals surface area contributed by atoms with Crippen molar-refractivity contribution in [2.24, 2.45) is 0 Å². The number of carbonyl (C=O) groups is 1. The Kier molecular flexibility index (Phi) is 5.34. The molecule has 0 bridgehead atoms. The number of benzene rings is 2. The van der Waals surface area contributed by atoms with Gasteiger partial charge in [0.25, 0.3) is 5.69 Å². The summed E-state index contributed by atoms with van der Waals surface area (Å²) >= 11 is 7.22. The molecule has 0 aliphatic rings. The van der Waals surface area contributed by atoms with Crippen molar-refractivity contribution < 1.29 is 14.5 Å². The molecule has 0 aliphatic carbocycles. The molecule has 0 aliphatic heterocycles. The van der Waals surface area contributed by atoms with E-state index in [1.807, 2.05) is 78.5 Å². The van der Waals surface area contributed by atoms with Gasteiger partial charge in [-0.2, -0.15) is 4.57 Å². The molecule has 4 rings (SSSR count). The second kappa shape index (κ2) is 8.07. The summed E-state index contributed by atoms with van der Waals surface area (Å²) < 4.78 is 1.94. The summed E-state index contributed by atoms with van der Waals surface area (Å²) in [7, 11) is 0. The van der Waals surface area contributed by atoms with Gasteiger partial charge in [-0.3, -0.25) is 0 Å². The Hall–Kier alpha value is -3.15. The van der Waals surface area contributed by atoms with Crippen molar-refractivity contribution in [3.05, 3.63) is 94.6 Å². The Morgan fingerprint density at radius 3 is 2.28 bits per heavy atom. The van der Waals surface area contributed by atoms with Crippen LogP contribution in [0.1, 0.15) is 15.2 Å². The van der Waals surface area contributed by atoms with Gasteiger partial charge in [0.05, 0.1) is 5.56 Å². The van der Waals surface area contributed by atoms with Crippen LogP contribution in [0, 0.1) is 6.92 Å². The van der Waals surface area contributed by atoms with Crippen LogP contribution < -0.4 is 9.88 Å². The average Bonchev–Trinajstić information content (AvgIpc) is 3.10. The monoisotopic (exact) mass is 421 g/mol. The number of carboxylic acid groups (broad SMARTS) is 1. The molecule has 144 valence electrons. The van der Waals surface area contributed by atoms with E-state index >= 15 is 0 Å². The Bertz CT molecular complexity index is 1150. The number of hydrogen-bond acceptors (Lipinski definition) is 3. The first-order valence-electron chi connectivity index (χ1n) is 8.99. The fourth-order valence-electron chi connectivity index (χ4n) is 3.10.